The van der Waals surface area contributed by atoms with E-state index in [1.54, 1.807) is 6.07 Å². The van der Waals surface area contributed by atoms with Crippen molar-refractivity contribution in [1.29, 1.82) is 0 Å². The zero-order valence-electron chi connectivity index (χ0n) is 15.0. The number of para-hydroxylation sites is 1. The van der Waals surface area contributed by atoms with E-state index in [9.17, 15) is 27.5 Å². The lowest BCUT2D eigenvalue weighted by Crippen LogP contribution is -2.12. The first kappa shape index (κ1) is 20.9. The van der Waals surface area contributed by atoms with Gasteiger partial charge in [-0.25, -0.2) is 14.2 Å². The van der Waals surface area contributed by atoms with Gasteiger partial charge in [-0.3, -0.25) is 0 Å². The van der Waals surface area contributed by atoms with E-state index in [2.05, 4.69) is 9.73 Å². The van der Waals surface area contributed by atoms with Gasteiger partial charge in [0.25, 0.3) is 0 Å². The largest absolute Gasteiger partial charge is 0.510 e. The maximum atomic E-state index is 13.9. The summed E-state index contributed by atoms with van der Waals surface area (Å²) in [6.45, 7) is 0. The maximum absolute atomic E-state index is 13.9. The van der Waals surface area contributed by atoms with Gasteiger partial charge in [0.05, 0.1) is 17.9 Å². The molecule has 2 aromatic rings. The molecular weight excluding hydrogens is 410 g/mol. The predicted molar refractivity (Wildman–Crippen MR) is 102 cm³/mol. The van der Waals surface area contributed by atoms with Crippen molar-refractivity contribution in [2.24, 2.45) is 4.99 Å². The number of alkyl halides is 3. The van der Waals surface area contributed by atoms with Crippen LogP contribution in [0.5, 0.6) is 0 Å². The summed E-state index contributed by atoms with van der Waals surface area (Å²) in [5, 5.41) is 9.92. The Hall–Kier alpha value is -2.81. The lowest BCUT2D eigenvalue weighted by molar-refractivity contribution is -0.137. The highest BCUT2D eigenvalue weighted by atomic mass is 32.2. The molecule has 0 unspecified atom stereocenters. The normalized spacial score (nSPS) is 18.4. The standard InChI is InChI=1S/C20H15F4NO3S/c1-28-19(27)16-17(26)15(10-11-6-8-12(9-7-11)20(22,23)24)29-18(16)25-14-5-3-2-4-13(14)21/h2-9,15,26H,10H2,1H3/t15-/m1/s1. The minimum Gasteiger partial charge on any atom is -0.510 e. The Morgan fingerprint density at radius 1 is 1.17 bits per heavy atom. The number of esters is 1. The molecule has 1 atom stereocenters. The van der Waals surface area contributed by atoms with Crippen LogP contribution in [0.1, 0.15) is 11.1 Å². The molecule has 0 saturated heterocycles. The molecule has 0 amide bonds. The Morgan fingerprint density at radius 2 is 1.83 bits per heavy atom. The molecule has 3 rings (SSSR count). The molecule has 0 saturated carbocycles. The number of ether oxygens (including phenoxy) is 1. The van der Waals surface area contributed by atoms with Gasteiger partial charge >= 0.3 is 12.1 Å². The number of aliphatic imine (C=N–C) groups is 1. The van der Waals surface area contributed by atoms with Gasteiger partial charge in [0, 0.05) is 0 Å². The van der Waals surface area contributed by atoms with Crippen molar-refractivity contribution in [1.82, 2.24) is 0 Å². The number of halogens is 4. The number of thioether (sulfide) groups is 1. The summed E-state index contributed by atoms with van der Waals surface area (Å²) in [4.78, 5) is 16.2. The molecule has 0 spiro atoms. The fourth-order valence-electron chi connectivity index (χ4n) is 2.73. The fraction of sp³-hybridized carbons (Fsp3) is 0.200. The van der Waals surface area contributed by atoms with Crippen LogP contribution in [0.15, 0.2) is 64.9 Å². The number of aliphatic hydroxyl groups is 1. The summed E-state index contributed by atoms with van der Waals surface area (Å²) in [5.41, 5.74) is -0.451. The smallest absolute Gasteiger partial charge is 0.416 e. The third-order valence-corrected chi connectivity index (χ3v) is 5.39. The molecule has 0 bridgehead atoms. The molecule has 0 fully saturated rings. The van der Waals surface area contributed by atoms with Crippen molar-refractivity contribution in [3.05, 3.63) is 76.8 Å². The third-order valence-electron chi connectivity index (χ3n) is 4.20. The van der Waals surface area contributed by atoms with Crippen LogP contribution >= 0.6 is 11.8 Å². The number of nitrogens with zero attached hydrogens (tertiary/aromatic N) is 1. The molecule has 9 heteroatoms. The quantitative estimate of drug-likeness (QED) is 0.539. The van der Waals surface area contributed by atoms with Crippen LogP contribution in [0, 0.1) is 5.82 Å². The van der Waals surface area contributed by atoms with Crippen LogP contribution < -0.4 is 0 Å². The number of carbonyl (C=O) groups excluding carboxylic acids is 1. The topological polar surface area (TPSA) is 58.9 Å². The molecule has 1 N–H and O–H groups in total. The summed E-state index contributed by atoms with van der Waals surface area (Å²) in [6, 6.07) is 10.2. The summed E-state index contributed by atoms with van der Waals surface area (Å²) < 4.78 is 56.7. The molecule has 1 heterocycles. The van der Waals surface area contributed by atoms with Crippen LogP contribution in [-0.4, -0.2) is 28.5 Å². The summed E-state index contributed by atoms with van der Waals surface area (Å²) in [5.74, 6) is -1.74. The molecule has 1 aliphatic heterocycles. The zero-order chi connectivity index (χ0) is 21.2. The van der Waals surface area contributed by atoms with Gasteiger partial charge in [-0.2, -0.15) is 13.2 Å². The fourth-order valence-corrected chi connectivity index (χ4v) is 3.96. The Balaban J connectivity index is 1.90. The third kappa shape index (κ3) is 4.61. The predicted octanol–water partition coefficient (Wildman–Crippen LogP) is 5.22. The number of carbonyl (C=O) groups is 1. The van der Waals surface area contributed by atoms with Crippen LogP contribution in [-0.2, 0) is 22.1 Å². The summed E-state index contributed by atoms with van der Waals surface area (Å²) >= 11 is 1.01. The van der Waals surface area contributed by atoms with Crippen LogP contribution in [0.3, 0.4) is 0 Å². The van der Waals surface area contributed by atoms with Gasteiger partial charge in [-0.15, -0.1) is 0 Å². The van der Waals surface area contributed by atoms with Crippen molar-refractivity contribution in [3.63, 3.8) is 0 Å². The van der Waals surface area contributed by atoms with Gasteiger partial charge in [0.1, 0.15) is 27.9 Å². The van der Waals surface area contributed by atoms with Gasteiger partial charge < -0.3 is 9.84 Å². The van der Waals surface area contributed by atoms with Crippen molar-refractivity contribution < 1.29 is 32.2 Å². The number of aliphatic hydroxyl groups excluding tert-OH is 1. The van der Waals surface area contributed by atoms with Gasteiger partial charge in [-0.1, -0.05) is 36.0 Å². The van der Waals surface area contributed by atoms with E-state index in [-0.39, 0.29) is 28.5 Å². The minimum absolute atomic E-state index is 0.0145. The minimum atomic E-state index is -4.44. The highest BCUT2D eigenvalue weighted by Crippen LogP contribution is 2.38. The van der Waals surface area contributed by atoms with Crippen LogP contribution in [0.25, 0.3) is 0 Å². The first-order valence-electron chi connectivity index (χ1n) is 8.38. The number of hydrogen-bond donors (Lipinski definition) is 1. The first-order valence-corrected chi connectivity index (χ1v) is 9.26. The van der Waals surface area contributed by atoms with Gasteiger partial charge in [0.2, 0.25) is 0 Å². The molecule has 2 aromatic carbocycles. The second kappa shape index (κ2) is 8.28. The van der Waals surface area contributed by atoms with E-state index in [0.29, 0.717) is 5.56 Å². The van der Waals surface area contributed by atoms with E-state index < -0.39 is 28.8 Å². The lowest BCUT2D eigenvalue weighted by Gasteiger charge is -2.11. The van der Waals surface area contributed by atoms with Gasteiger partial charge in [-0.05, 0) is 36.2 Å². The number of hydrogen-bond acceptors (Lipinski definition) is 5. The summed E-state index contributed by atoms with van der Waals surface area (Å²) in [6.07, 6.45) is -4.30. The number of benzene rings is 2. The molecule has 4 nitrogen and oxygen atoms in total. The Kier molecular flexibility index (Phi) is 5.97. The van der Waals surface area contributed by atoms with E-state index in [1.165, 1.54) is 30.3 Å². The van der Waals surface area contributed by atoms with Crippen LogP contribution in [0.2, 0.25) is 0 Å². The molecule has 29 heavy (non-hydrogen) atoms. The summed E-state index contributed by atoms with van der Waals surface area (Å²) in [7, 11) is 1.14. The average Bonchev–Trinajstić information content (AvgIpc) is 2.98. The highest BCUT2D eigenvalue weighted by molar-refractivity contribution is 8.15. The molecular formula is C20H15F4NO3S. The van der Waals surface area contributed by atoms with E-state index in [4.69, 9.17) is 0 Å². The van der Waals surface area contributed by atoms with Crippen molar-refractivity contribution in [2.45, 2.75) is 17.8 Å². The second-order valence-electron chi connectivity index (χ2n) is 6.13. The van der Waals surface area contributed by atoms with E-state index in [1.807, 2.05) is 0 Å². The Labute approximate surface area is 167 Å². The first-order chi connectivity index (χ1) is 13.7. The van der Waals surface area contributed by atoms with Crippen molar-refractivity contribution in [2.75, 3.05) is 7.11 Å². The van der Waals surface area contributed by atoms with Crippen LogP contribution in [0.4, 0.5) is 23.2 Å². The molecule has 1 aliphatic rings. The average molecular weight is 425 g/mol. The molecule has 0 aromatic heterocycles. The van der Waals surface area contributed by atoms with E-state index >= 15 is 0 Å². The van der Waals surface area contributed by atoms with E-state index in [0.717, 1.165) is 31.0 Å². The monoisotopic (exact) mass is 425 g/mol. The van der Waals surface area contributed by atoms with Crippen molar-refractivity contribution in [3.8, 4) is 0 Å². The maximum Gasteiger partial charge on any atom is 0.416 e. The zero-order valence-corrected chi connectivity index (χ0v) is 15.9. The highest BCUT2D eigenvalue weighted by Gasteiger charge is 2.37. The Bertz CT molecular complexity index is 984. The van der Waals surface area contributed by atoms with Crippen molar-refractivity contribution >= 4 is 28.5 Å². The molecule has 0 radical (unpaired) electrons. The SMILES string of the molecule is COC(=O)C1=C(O)[C@@H](Cc2ccc(C(F)(F)F)cc2)SC1=Nc1ccccc1F. The number of methoxy groups -OCH3 is 1. The second-order valence-corrected chi connectivity index (χ2v) is 7.32. The Morgan fingerprint density at radius 3 is 2.41 bits per heavy atom. The molecule has 152 valence electrons. The van der Waals surface area contributed by atoms with Gasteiger partial charge in [0.15, 0.2) is 0 Å². The lowest BCUT2D eigenvalue weighted by atomic mass is 10.0. The molecule has 0 aliphatic carbocycles. The number of rotatable bonds is 4.